The minimum Gasteiger partial charge on any atom is -0.342 e. The number of anilines is 1. The minimum atomic E-state index is -0.618. The number of aldehydes is 1. The quantitative estimate of drug-likeness (QED) is 0.403. The summed E-state index contributed by atoms with van der Waals surface area (Å²) in [4.78, 5) is 36.9. The molecule has 0 aliphatic heterocycles. The third-order valence-corrected chi connectivity index (χ3v) is 5.53. The van der Waals surface area contributed by atoms with Gasteiger partial charge in [0, 0.05) is 16.8 Å². The minimum absolute atomic E-state index is 0.218. The molecule has 4 rings (SSSR count). The number of benzene rings is 4. The van der Waals surface area contributed by atoms with E-state index in [4.69, 9.17) is 0 Å². The molecule has 4 aromatic carbocycles. The zero-order valence-electron chi connectivity index (χ0n) is 18.2. The van der Waals surface area contributed by atoms with Gasteiger partial charge in [-0.05, 0) is 65.6 Å². The number of amides is 2. The van der Waals surface area contributed by atoms with E-state index in [9.17, 15) is 14.4 Å². The first kappa shape index (κ1) is 22.0. The Morgan fingerprint density at radius 1 is 0.788 bits per heavy atom. The summed E-state index contributed by atoms with van der Waals surface area (Å²) in [6.07, 6.45) is 1.17. The van der Waals surface area contributed by atoms with Gasteiger partial charge in [-0.15, -0.1) is 0 Å². The lowest BCUT2D eigenvalue weighted by Crippen LogP contribution is -2.37. The number of carbonyl (C=O) groups is 3. The standard InChI is InChI=1S/C28H24N2O3/c1-19-15-23(27(32)29-25(18-31)16-20-7-3-2-4-8-20)13-14-26(19)30-28(33)24-12-11-21-9-5-6-10-22(21)17-24/h2-15,17-18,25H,16H2,1H3,(H,29,32)(H,30,33). The first-order valence-electron chi connectivity index (χ1n) is 10.7. The maximum absolute atomic E-state index is 12.8. The van der Waals surface area contributed by atoms with Gasteiger partial charge in [0.1, 0.15) is 6.29 Å². The fraction of sp³-hybridized carbons (Fsp3) is 0.107. The predicted molar refractivity (Wildman–Crippen MR) is 131 cm³/mol. The van der Waals surface area contributed by atoms with Gasteiger partial charge in [0.15, 0.2) is 0 Å². The van der Waals surface area contributed by atoms with Gasteiger partial charge in [0.25, 0.3) is 11.8 Å². The molecule has 4 aromatic rings. The van der Waals surface area contributed by atoms with Crippen LogP contribution in [0.25, 0.3) is 10.8 Å². The fourth-order valence-corrected chi connectivity index (χ4v) is 3.72. The highest BCUT2D eigenvalue weighted by Crippen LogP contribution is 2.20. The smallest absolute Gasteiger partial charge is 0.255 e. The molecule has 164 valence electrons. The van der Waals surface area contributed by atoms with Gasteiger partial charge in [-0.3, -0.25) is 9.59 Å². The number of aryl methyl sites for hydroxylation is 1. The summed E-state index contributed by atoms with van der Waals surface area (Å²) in [6, 6.07) is 27.4. The molecule has 0 aromatic heterocycles. The number of carbonyl (C=O) groups excluding carboxylic acids is 3. The maximum atomic E-state index is 12.8. The Kier molecular flexibility index (Phi) is 6.60. The molecule has 0 aliphatic carbocycles. The summed E-state index contributed by atoms with van der Waals surface area (Å²) in [5.41, 5.74) is 3.34. The molecule has 33 heavy (non-hydrogen) atoms. The molecule has 0 fully saturated rings. The number of nitrogens with one attached hydrogen (secondary N) is 2. The summed E-state index contributed by atoms with van der Waals surface area (Å²) in [5, 5.41) is 7.75. The molecular weight excluding hydrogens is 412 g/mol. The Bertz CT molecular complexity index is 1320. The first-order valence-corrected chi connectivity index (χ1v) is 10.7. The van der Waals surface area contributed by atoms with Crippen LogP contribution in [0.5, 0.6) is 0 Å². The van der Waals surface area contributed by atoms with Crippen molar-refractivity contribution in [3.05, 3.63) is 113 Å². The SMILES string of the molecule is Cc1cc(C(=O)NC(C=O)Cc2ccccc2)ccc1NC(=O)c1ccc2ccccc2c1. The van der Waals surface area contributed by atoms with Crippen molar-refractivity contribution in [1.82, 2.24) is 5.32 Å². The van der Waals surface area contributed by atoms with Crippen LogP contribution in [0.3, 0.4) is 0 Å². The molecular formula is C28H24N2O3. The number of rotatable bonds is 7. The van der Waals surface area contributed by atoms with Crippen molar-refractivity contribution in [3.63, 3.8) is 0 Å². The summed E-state index contributed by atoms with van der Waals surface area (Å²) < 4.78 is 0. The average Bonchev–Trinajstić information content (AvgIpc) is 2.85. The monoisotopic (exact) mass is 436 g/mol. The van der Waals surface area contributed by atoms with Crippen LogP contribution in [0.4, 0.5) is 5.69 Å². The topological polar surface area (TPSA) is 75.3 Å². The van der Waals surface area contributed by atoms with E-state index in [0.29, 0.717) is 23.2 Å². The molecule has 5 heteroatoms. The van der Waals surface area contributed by atoms with Crippen molar-refractivity contribution in [3.8, 4) is 0 Å². The molecule has 0 radical (unpaired) electrons. The predicted octanol–water partition coefficient (Wildman–Crippen LogP) is 4.94. The van der Waals surface area contributed by atoms with E-state index in [1.165, 1.54) is 0 Å². The van der Waals surface area contributed by atoms with E-state index in [-0.39, 0.29) is 11.8 Å². The molecule has 2 amide bonds. The molecule has 1 unspecified atom stereocenters. The Morgan fingerprint density at radius 2 is 1.45 bits per heavy atom. The zero-order valence-corrected chi connectivity index (χ0v) is 18.2. The summed E-state index contributed by atoms with van der Waals surface area (Å²) in [6.45, 7) is 1.83. The van der Waals surface area contributed by atoms with Crippen LogP contribution in [-0.2, 0) is 11.2 Å². The van der Waals surface area contributed by atoms with Gasteiger partial charge in [0.05, 0.1) is 6.04 Å². The van der Waals surface area contributed by atoms with E-state index in [1.54, 1.807) is 24.3 Å². The second kappa shape index (κ2) is 9.92. The normalized spacial score (nSPS) is 11.5. The molecule has 0 saturated carbocycles. The number of hydrogen-bond acceptors (Lipinski definition) is 3. The molecule has 0 spiro atoms. The zero-order chi connectivity index (χ0) is 23.2. The van der Waals surface area contributed by atoms with Gasteiger partial charge in [0.2, 0.25) is 0 Å². The van der Waals surface area contributed by atoms with Crippen LogP contribution < -0.4 is 10.6 Å². The van der Waals surface area contributed by atoms with Gasteiger partial charge < -0.3 is 15.4 Å². The second-order valence-electron chi connectivity index (χ2n) is 7.95. The highest BCUT2D eigenvalue weighted by atomic mass is 16.2. The van der Waals surface area contributed by atoms with Crippen molar-refractivity contribution >= 4 is 34.6 Å². The fourth-order valence-electron chi connectivity index (χ4n) is 3.72. The van der Waals surface area contributed by atoms with E-state index in [2.05, 4.69) is 10.6 Å². The highest BCUT2D eigenvalue weighted by Gasteiger charge is 2.15. The Hall–Kier alpha value is -4.25. The molecule has 0 aliphatic rings. The number of hydrogen-bond donors (Lipinski definition) is 2. The van der Waals surface area contributed by atoms with Crippen molar-refractivity contribution in [2.45, 2.75) is 19.4 Å². The first-order chi connectivity index (χ1) is 16.0. The van der Waals surface area contributed by atoms with Crippen LogP contribution in [0.1, 0.15) is 31.8 Å². The average molecular weight is 437 g/mol. The van der Waals surface area contributed by atoms with Crippen LogP contribution in [0, 0.1) is 6.92 Å². The maximum Gasteiger partial charge on any atom is 0.255 e. The van der Waals surface area contributed by atoms with Gasteiger partial charge in [-0.2, -0.15) is 0 Å². The van der Waals surface area contributed by atoms with Crippen molar-refractivity contribution in [2.24, 2.45) is 0 Å². The molecule has 0 heterocycles. The van der Waals surface area contributed by atoms with Gasteiger partial charge >= 0.3 is 0 Å². The Labute approximate surface area is 192 Å². The van der Waals surface area contributed by atoms with E-state index >= 15 is 0 Å². The largest absolute Gasteiger partial charge is 0.342 e. The lowest BCUT2D eigenvalue weighted by Gasteiger charge is -2.14. The van der Waals surface area contributed by atoms with E-state index in [1.807, 2.05) is 73.7 Å². The Morgan fingerprint density at radius 3 is 2.18 bits per heavy atom. The molecule has 0 bridgehead atoms. The Balaban J connectivity index is 1.43. The lowest BCUT2D eigenvalue weighted by molar-refractivity contribution is -0.109. The van der Waals surface area contributed by atoms with Crippen LogP contribution in [0.2, 0.25) is 0 Å². The van der Waals surface area contributed by atoms with Crippen molar-refractivity contribution in [2.75, 3.05) is 5.32 Å². The van der Waals surface area contributed by atoms with Crippen LogP contribution in [0.15, 0.2) is 91.0 Å². The third kappa shape index (κ3) is 5.33. The van der Waals surface area contributed by atoms with Crippen LogP contribution >= 0.6 is 0 Å². The highest BCUT2D eigenvalue weighted by molar-refractivity contribution is 6.07. The van der Waals surface area contributed by atoms with Crippen LogP contribution in [-0.4, -0.2) is 24.1 Å². The summed E-state index contributed by atoms with van der Waals surface area (Å²) in [7, 11) is 0. The molecule has 5 nitrogen and oxygen atoms in total. The summed E-state index contributed by atoms with van der Waals surface area (Å²) >= 11 is 0. The molecule has 2 N–H and O–H groups in total. The van der Waals surface area contributed by atoms with Crippen molar-refractivity contribution < 1.29 is 14.4 Å². The second-order valence-corrected chi connectivity index (χ2v) is 7.95. The summed E-state index contributed by atoms with van der Waals surface area (Å²) in [5.74, 6) is -0.552. The molecule has 1 atom stereocenters. The third-order valence-electron chi connectivity index (χ3n) is 5.53. The van der Waals surface area contributed by atoms with Gasteiger partial charge in [-0.1, -0.05) is 60.7 Å². The molecule has 0 saturated heterocycles. The number of fused-ring (bicyclic) bond motifs is 1. The van der Waals surface area contributed by atoms with E-state index in [0.717, 1.165) is 28.2 Å². The van der Waals surface area contributed by atoms with Crippen molar-refractivity contribution in [1.29, 1.82) is 0 Å². The van der Waals surface area contributed by atoms with E-state index < -0.39 is 6.04 Å². The lowest BCUT2D eigenvalue weighted by atomic mass is 10.0. The van der Waals surface area contributed by atoms with Gasteiger partial charge in [-0.25, -0.2) is 0 Å².